The molecule has 0 atom stereocenters. The van der Waals surface area contributed by atoms with Crippen molar-refractivity contribution in [2.24, 2.45) is 0 Å². The fraction of sp³-hybridized carbons (Fsp3) is 0.500. The first kappa shape index (κ1) is 12.5. The van der Waals surface area contributed by atoms with Gasteiger partial charge in [0.1, 0.15) is 17.1 Å². The molecule has 3 nitrogen and oxygen atoms in total. The highest BCUT2D eigenvalue weighted by atomic mass is 16.5. The Labute approximate surface area is 113 Å². The van der Waals surface area contributed by atoms with E-state index in [0.29, 0.717) is 6.04 Å². The molecular formula is C16H21NO2. The van der Waals surface area contributed by atoms with Gasteiger partial charge in [0.05, 0.1) is 13.7 Å². The minimum atomic E-state index is 0.706. The Balaban J connectivity index is 1.96. The molecule has 1 aromatic heterocycles. The second-order valence-corrected chi connectivity index (χ2v) is 5.27. The molecule has 0 aliphatic heterocycles. The molecule has 1 aromatic carbocycles. The number of hydrogen-bond acceptors (Lipinski definition) is 3. The molecule has 1 fully saturated rings. The van der Waals surface area contributed by atoms with E-state index in [-0.39, 0.29) is 0 Å². The molecule has 3 rings (SSSR count). The van der Waals surface area contributed by atoms with Gasteiger partial charge in [-0.25, -0.2) is 0 Å². The number of furan rings is 1. The lowest BCUT2D eigenvalue weighted by Crippen LogP contribution is -2.15. The molecule has 1 N–H and O–H groups in total. The van der Waals surface area contributed by atoms with E-state index in [1.807, 2.05) is 12.1 Å². The van der Waals surface area contributed by atoms with Crippen molar-refractivity contribution in [2.75, 3.05) is 7.11 Å². The minimum Gasteiger partial charge on any atom is -0.497 e. The number of methoxy groups -OCH3 is 1. The summed E-state index contributed by atoms with van der Waals surface area (Å²) in [4.78, 5) is 0. The van der Waals surface area contributed by atoms with Crippen LogP contribution in [0.3, 0.4) is 0 Å². The third-order valence-corrected chi connectivity index (χ3v) is 3.71. The summed E-state index contributed by atoms with van der Waals surface area (Å²) in [6, 6.07) is 6.76. The van der Waals surface area contributed by atoms with Gasteiger partial charge in [-0.05, 0) is 37.5 Å². The molecule has 1 aliphatic rings. The van der Waals surface area contributed by atoms with Crippen molar-refractivity contribution in [3.8, 4) is 5.75 Å². The van der Waals surface area contributed by atoms with Crippen molar-refractivity contribution in [3.63, 3.8) is 0 Å². The molecule has 19 heavy (non-hydrogen) atoms. The first-order chi connectivity index (χ1) is 9.31. The summed E-state index contributed by atoms with van der Waals surface area (Å²) in [6.07, 6.45) is 4.79. The van der Waals surface area contributed by atoms with Gasteiger partial charge in [-0.15, -0.1) is 0 Å². The number of aryl methyl sites for hydroxylation is 1. The van der Waals surface area contributed by atoms with Crippen molar-refractivity contribution in [2.45, 2.75) is 45.2 Å². The van der Waals surface area contributed by atoms with E-state index in [1.54, 1.807) is 7.11 Å². The molecule has 102 valence electrons. The Kier molecular flexibility index (Phi) is 3.47. The van der Waals surface area contributed by atoms with E-state index < -0.39 is 0 Å². The van der Waals surface area contributed by atoms with Gasteiger partial charge in [-0.1, -0.05) is 13.3 Å². The van der Waals surface area contributed by atoms with Crippen LogP contribution >= 0.6 is 0 Å². The molecule has 3 heteroatoms. The lowest BCUT2D eigenvalue weighted by Gasteiger charge is -2.03. The predicted octanol–water partition coefficient (Wildman–Crippen LogP) is 3.65. The van der Waals surface area contributed by atoms with Gasteiger partial charge in [0.15, 0.2) is 0 Å². The van der Waals surface area contributed by atoms with Crippen molar-refractivity contribution in [3.05, 3.63) is 29.5 Å². The first-order valence-corrected chi connectivity index (χ1v) is 7.13. The van der Waals surface area contributed by atoms with Crippen LogP contribution in [0.2, 0.25) is 0 Å². The Bertz CT molecular complexity index is 569. The minimum absolute atomic E-state index is 0.706. The molecule has 0 spiro atoms. The molecule has 0 bridgehead atoms. The lowest BCUT2D eigenvalue weighted by atomic mass is 10.1. The Morgan fingerprint density at radius 3 is 2.89 bits per heavy atom. The molecule has 0 unspecified atom stereocenters. The predicted molar refractivity (Wildman–Crippen MR) is 76.6 cm³/mol. The maximum Gasteiger partial charge on any atom is 0.134 e. The van der Waals surface area contributed by atoms with Crippen LogP contribution in [0.4, 0.5) is 0 Å². The fourth-order valence-electron chi connectivity index (χ4n) is 2.50. The molecule has 2 aromatic rings. The van der Waals surface area contributed by atoms with Crippen LogP contribution in [0.5, 0.6) is 5.75 Å². The number of benzene rings is 1. The maximum absolute atomic E-state index is 6.01. The first-order valence-electron chi connectivity index (χ1n) is 7.13. The van der Waals surface area contributed by atoms with Gasteiger partial charge in [-0.2, -0.15) is 0 Å². The zero-order chi connectivity index (χ0) is 13.2. The van der Waals surface area contributed by atoms with Crippen molar-refractivity contribution in [1.29, 1.82) is 0 Å². The average molecular weight is 259 g/mol. The smallest absolute Gasteiger partial charge is 0.134 e. The average Bonchev–Trinajstić information content (AvgIpc) is 3.20. The van der Waals surface area contributed by atoms with Gasteiger partial charge in [0.2, 0.25) is 0 Å². The zero-order valence-corrected chi connectivity index (χ0v) is 11.7. The summed E-state index contributed by atoms with van der Waals surface area (Å²) in [7, 11) is 1.70. The zero-order valence-electron chi connectivity index (χ0n) is 11.7. The van der Waals surface area contributed by atoms with Crippen LogP contribution in [-0.2, 0) is 13.0 Å². The number of fused-ring (bicyclic) bond motifs is 1. The SMILES string of the molecule is CCCc1c(CNC2CC2)oc2ccc(OC)cc12. The number of hydrogen-bond donors (Lipinski definition) is 1. The van der Waals surface area contributed by atoms with Gasteiger partial charge < -0.3 is 14.5 Å². The van der Waals surface area contributed by atoms with Crippen LogP contribution < -0.4 is 10.1 Å². The topological polar surface area (TPSA) is 34.4 Å². The fourth-order valence-corrected chi connectivity index (χ4v) is 2.50. The monoisotopic (exact) mass is 259 g/mol. The van der Waals surface area contributed by atoms with Crippen LogP contribution in [0.15, 0.2) is 22.6 Å². The van der Waals surface area contributed by atoms with Gasteiger partial charge in [0, 0.05) is 17.0 Å². The van der Waals surface area contributed by atoms with E-state index >= 15 is 0 Å². The Hall–Kier alpha value is -1.48. The van der Waals surface area contributed by atoms with Crippen LogP contribution in [0, 0.1) is 0 Å². The molecule has 1 aliphatic carbocycles. The highest BCUT2D eigenvalue weighted by molar-refractivity contribution is 5.83. The second kappa shape index (κ2) is 5.25. The summed E-state index contributed by atoms with van der Waals surface area (Å²) in [6.45, 7) is 3.05. The van der Waals surface area contributed by atoms with Crippen LogP contribution in [0.25, 0.3) is 11.0 Å². The number of rotatable bonds is 6. The third kappa shape index (κ3) is 2.61. The quantitative estimate of drug-likeness (QED) is 0.860. The van der Waals surface area contributed by atoms with Crippen molar-refractivity contribution >= 4 is 11.0 Å². The summed E-state index contributed by atoms with van der Waals surface area (Å²) < 4.78 is 11.3. The highest BCUT2D eigenvalue weighted by Crippen LogP contribution is 2.31. The molecule has 1 saturated carbocycles. The molecule has 0 saturated heterocycles. The lowest BCUT2D eigenvalue weighted by molar-refractivity contribution is 0.415. The number of ether oxygens (including phenoxy) is 1. The molecule has 0 radical (unpaired) electrons. The molecule has 1 heterocycles. The standard InChI is InChI=1S/C16H21NO2/c1-3-4-13-14-9-12(18-2)7-8-15(14)19-16(13)10-17-11-5-6-11/h7-9,11,17H,3-6,10H2,1-2H3. The molecule has 0 amide bonds. The van der Waals surface area contributed by atoms with E-state index in [0.717, 1.165) is 36.5 Å². The maximum atomic E-state index is 6.01. The van der Waals surface area contributed by atoms with E-state index in [1.165, 1.54) is 23.8 Å². The van der Waals surface area contributed by atoms with Crippen LogP contribution in [0.1, 0.15) is 37.5 Å². The van der Waals surface area contributed by atoms with Crippen molar-refractivity contribution < 1.29 is 9.15 Å². The summed E-state index contributed by atoms with van der Waals surface area (Å²) in [5.74, 6) is 1.99. The Morgan fingerprint density at radius 2 is 2.21 bits per heavy atom. The van der Waals surface area contributed by atoms with Gasteiger partial charge in [-0.3, -0.25) is 0 Å². The second-order valence-electron chi connectivity index (χ2n) is 5.27. The third-order valence-electron chi connectivity index (χ3n) is 3.71. The van der Waals surface area contributed by atoms with Gasteiger partial charge >= 0.3 is 0 Å². The van der Waals surface area contributed by atoms with E-state index in [9.17, 15) is 0 Å². The molecular weight excluding hydrogens is 238 g/mol. The highest BCUT2D eigenvalue weighted by Gasteiger charge is 2.22. The Morgan fingerprint density at radius 1 is 1.37 bits per heavy atom. The van der Waals surface area contributed by atoms with Gasteiger partial charge in [0.25, 0.3) is 0 Å². The van der Waals surface area contributed by atoms with E-state index in [4.69, 9.17) is 9.15 Å². The number of nitrogens with one attached hydrogen (secondary N) is 1. The summed E-state index contributed by atoms with van der Waals surface area (Å²) in [5, 5.41) is 4.74. The largest absolute Gasteiger partial charge is 0.497 e. The normalized spacial score (nSPS) is 15.1. The van der Waals surface area contributed by atoms with Crippen LogP contribution in [-0.4, -0.2) is 13.2 Å². The summed E-state index contributed by atoms with van der Waals surface area (Å²) >= 11 is 0. The van der Waals surface area contributed by atoms with Crippen molar-refractivity contribution in [1.82, 2.24) is 5.32 Å². The van der Waals surface area contributed by atoms with E-state index in [2.05, 4.69) is 18.3 Å². The summed E-state index contributed by atoms with van der Waals surface area (Å²) in [5.41, 5.74) is 2.31.